The molecule has 0 radical (unpaired) electrons. The minimum atomic E-state index is -0.855. The molecular weight excluding hydrogens is 246 g/mol. The first-order valence-electron chi connectivity index (χ1n) is 6.26. The molecule has 0 saturated carbocycles. The number of carboxylic acid groups (broad SMARTS) is 1. The normalized spacial score (nSPS) is 11.8. The van der Waals surface area contributed by atoms with E-state index in [-0.39, 0.29) is 0 Å². The Morgan fingerprint density at radius 1 is 1.37 bits per heavy atom. The Labute approximate surface area is 113 Å². The Balaban J connectivity index is 3.17. The predicted octanol–water partition coefficient (Wildman–Crippen LogP) is 2.39. The quantitative estimate of drug-likeness (QED) is 0.822. The third kappa shape index (κ3) is 3.53. The van der Waals surface area contributed by atoms with Crippen molar-refractivity contribution in [1.29, 1.82) is 0 Å². The summed E-state index contributed by atoms with van der Waals surface area (Å²) in [5.41, 5.74) is 0.764. The molecule has 0 unspecified atom stereocenters. The van der Waals surface area contributed by atoms with Gasteiger partial charge in [0.05, 0.1) is 19.9 Å². The third-order valence-electron chi connectivity index (χ3n) is 2.99. The summed E-state index contributed by atoms with van der Waals surface area (Å²) in [6.45, 7) is 4.33. The molecule has 1 N–H and O–H groups in total. The molecule has 0 spiro atoms. The lowest BCUT2D eigenvalue weighted by molar-refractivity contribution is -0.138. The first-order valence-corrected chi connectivity index (χ1v) is 6.26. The summed E-state index contributed by atoms with van der Waals surface area (Å²) >= 11 is 0. The molecule has 0 aliphatic rings. The second-order valence-electron chi connectivity index (χ2n) is 4.25. The van der Waals surface area contributed by atoms with Crippen molar-refractivity contribution >= 4 is 11.7 Å². The summed E-state index contributed by atoms with van der Waals surface area (Å²) in [6.07, 6.45) is 0.854. The van der Waals surface area contributed by atoms with Gasteiger partial charge in [0.1, 0.15) is 17.5 Å². The maximum absolute atomic E-state index is 11.2. The van der Waals surface area contributed by atoms with Gasteiger partial charge in [-0.3, -0.25) is 0 Å². The van der Waals surface area contributed by atoms with Crippen LogP contribution in [0.15, 0.2) is 18.2 Å². The van der Waals surface area contributed by atoms with E-state index in [4.69, 9.17) is 9.47 Å². The average Bonchev–Trinajstić information content (AvgIpc) is 2.43. The van der Waals surface area contributed by atoms with E-state index in [1.807, 2.05) is 17.9 Å². The van der Waals surface area contributed by atoms with Gasteiger partial charge < -0.3 is 19.5 Å². The van der Waals surface area contributed by atoms with Crippen molar-refractivity contribution in [3.8, 4) is 11.5 Å². The van der Waals surface area contributed by atoms with Crippen molar-refractivity contribution in [3.05, 3.63) is 18.2 Å². The van der Waals surface area contributed by atoms with E-state index < -0.39 is 12.0 Å². The van der Waals surface area contributed by atoms with Crippen molar-refractivity contribution in [2.24, 2.45) is 0 Å². The van der Waals surface area contributed by atoms with Crippen LogP contribution in [-0.4, -0.2) is 37.9 Å². The molecular formula is C14H21NO4. The zero-order valence-corrected chi connectivity index (χ0v) is 11.8. The second kappa shape index (κ2) is 6.87. The molecule has 0 bridgehead atoms. The molecule has 1 aromatic rings. The van der Waals surface area contributed by atoms with Gasteiger partial charge in [-0.1, -0.05) is 6.92 Å². The molecule has 0 amide bonds. The van der Waals surface area contributed by atoms with Crippen LogP contribution in [0.3, 0.4) is 0 Å². The number of anilines is 1. The highest BCUT2D eigenvalue weighted by atomic mass is 16.5. The van der Waals surface area contributed by atoms with E-state index in [1.54, 1.807) is 33.3 Å². The summed E-state index contributed by atoms with van der Waals surface area (Å²) in [5, 5.41) is 9.20. The molecule has 1 aromatic carbocycles. The van der Waals surface area contributed by atoms with E-state index in [0.29, 0.717) is 18.0 Å². The molecule has 1 atom stereocenters. The lowest BCUT2D eigenvalue weighted by Gasteiger charge is -2.29. The Bertz CT molecular complexity index is 433. The van der Waals surface area contributed by atoms with Crippen molar-refractivity contribution in [1.82, 2.24) is 0 Å². The third-order valence-corrected chi connectivity index (χ3v) is 2.99. The number of carbonyl (C=O) groups is 1. The second-order valence-corrected chi connectivity index (χ2v) is 4.25. The maximum atomic E-state index is 11.2. The van der Waals surface area contributed by atoms with E-state index >= 15 is 0 Å². The minimum Gasteiger partial charge on any atom is -0.497 e. The molecule has 5 heteroatoms. The highest BCUT2D eigenvalue weighted by molar-refractivity contribution is 5.79. The smallest absolute Gasteiger partial charge is 0.326 e. The Morgan fingerprint density at radius 2 is 2.05 bits per heavy atom. The van der Waals surface area contributed by atoms with Crippen molar-refractivity contribution < 1.29 is 19.4 Å². The molecule has 0 aliphatic carbocycles. The van der Waals surface area contributed by atoms with Crippen LogP contribution in [0, 0.1) is 0 Å². The molecule has 0 aromatic heterocycles. The first kappa shape index (κ1) is 15.1. The summed E-state index contributed by atoms with van der Waals surface area (Å²) < 4.78 is 10.5. The average molecular weight is 267 g/mol. The molecule has 106 valence electrons. The number of hydrogen-bond acceptors (Lipinski definition) is 4. The first-order chi connectivity index (χ1) is 9.04. The van der Waals surface area contributed by atoms with E-state index in [0.717, 1.165) is 12.1 Å². The van der Waals surface area contributed by atoms with Crippen LogP contribution < -0.4 is 14.4 Å². The molecule has 5 nitrogen and oxygen atoms in total. The summed E-state index contributed by atoms with van der Waals surface area (Å²) in [5.74, 6) is 0.437. The van der Waals surface area contributed by atoms with Crippen molar-refractivity contribution in [2.45, 2.75) is 26.3 Å². The van der Waals surface area contributed by atoms with Crippen LogP contribution in [0.2, 0.25) is 0 Å². The van der Waals surface area contributed by atoms with Gasteiger partial charge in [0, 0.05) is 12.6 Å². The number of methoxy groups -OCH3 is 2. The summed E-state index contributed by atoms with van der Waals surface area (Å²) in [7, 11) is 3.14. The number of hydrogen-bond donors (Lipinski definition) is 1. The van der Waals surface area contributed by atoms with Gasteiger partial charge in [-0.2, -0.15) is 0 Å². The predicted molar refractivity (Wildman–Crippen MR) is 74.3 cm³/mol. The fourth-order valence-corrected chi connectivity index (χ4v) is 1.92. The van der Waals surface area contributed by atoms with E-state index in [9.17, 15) is 9.90 Å². The number of benzene rings is 1. The Hall–Kier alpha value is -1.91. The van der Waals surface area contributed by atoms with Gasteiger partial charge in [-0.25, -0.2) is 4.79 Å². The summed E-state index contributed by atoms with van der Waals surface area (Å²) in [6, 6.07) is 4.77. The minimum absolute atomic E-state index is 0.609. The number of ether oxygens (including phenoxy) is 2. The number of nitrogens with zero attached hydrogens (tertiary/aromatic N) is 1. The van der Waals surface area contributed by atoms with Crippen LogP contribution in [0.4, 0.5) is 5.69 Å². The van der Waals surface area contributed by atoms with Crippen LogP contribution in [0.5, 0.6) is 11.5 Å². The zero-order chi connectivity index (χ0) is 14.4. The molecule has 1 rings (SSSR count). The maximum Gasteiger partial charge on any atom is 0.326 e. The van der Waals surface area contributed by atoms with E-state index in [1.165, 1.54) is 0 Å². The number of aliphatic carboxylic acids is 1. The highest BCUT2D eigenvalue weighted by Crippen LogP contribution is 2.33. The van der Waals surface area contributed by atoms with Crippen LogP contribution >= 0.6 is 0 Å². The molecule has 0 fully saturated rings. The SMILES string of the molecule is CCCN(c1ccc(OC)cc1OC)[C@H](C)C(=O)O. The van der Waals surface area contributed by atoms with Gasteiger partial charge in [-0.15, -0.1) is 0 Å². The fourth-order valence-electron chi connectivity index (χ4n) is 1.92. The Morgan fingerprint density at radius 3 is 2.53 bits per heavy atom. The molecule has 0 saturated heterocycles. The van der Waals surface area contributed by atoms with Crippen LogP contribution in [0.25, 0.3) is 0 Å². The monoisotopic (exact) mass is 267 g/mol. The van der Waals surface area contributed by atoms with Crippen molar-refractivity contribution in [2.75, 3.05) is 25.7 Å². The fraction of sp³-hybridized carbons (Fsp3) is 0.500. The Kier molecular flexibility index (Phi) is 5.48. The number of carboxylic acids is 1. The van der Waals surface area contributed by atoms with Gasteiger partial charge in [0.15, 0.2) is 0 Å². The van der Waals surface area contributed by atoms with E-state index in [2.05, 4.69) is 0 Å². The standard InChI is InChI=1S/C14H21NO4/c1-5-8-15(10(2)14(16)17)12-7-6-11(18-3)9-13(12)19-4/h6-7,9-10H,5,8H2,1-4H3,(H,16,17)/t10-/m1/s1. The lowest BCUT2D eigenvalue weighted by Crippen LogP contribution is -2.39. The van der Waals surface area contributed by atoms with Gasteiger partial charge in [0.2, 0.25) is 0 Å². The number of rotatable bonds is 7. The van der Waals surface area contributed by atoms with Gasteiger partial charge in [0.25, 0.3) is 0 Å². The largest absolute Gasteiger partial charge is 0.497 e. The van der Waals surface area contributed by atoms with Crippen LogP contribution in [0.1, 0.15) is 20.3 Å². The molecule has 0 heterocycles. The zero-order valence-electron chi connectivity index (χ0n) is 11.8. The lowest BCUT2D eigenvalue weighted by atomic mass is 10.2. The topological polar surface area (TPSA) is 59.0 Å². The van der Waals surface area contributed by atoms with Crippen LogP contribution in [-0.2, 0) is 4.79 Å². The van der Waals surface area contributed by atoms with Gasteiger partial charge in [-0.05, 0) is 25.5 Å². The molecule has 0 aliphatic heterocycles. The summed E-state index contributed by atoms with van der Waals surface area (Å²) in [4.78, 5) is 13.0. The highest BCUT2D eigenvalue weighted by Gasteiger charge is 2.23. The van der Waals surface area contributed by atoms with Crippen molar-refractivity contribution in [3.63, 3.8) is 0 Å². The van der Waals surface area contributed by atoms with Gasteiger partial charge >= 0.3 is 5.97 Å². The molecule has 19 heavy (non-hydrogen) atoms.